The lowest BCUT2D eigenvalue weighted by Crippen LogP contribution is -2.33. The van der Waals surface area contributed by atoms with Gasteiger partial charge in [-0.1, -0.05) is 42.4 Å². The van der Waals surface area contributed by atoms with Gasteiger partial charge in [0.15, 0.2) is 0 Å². The van der Waals surface area contributed by atoms with Gasteiger partial charge in [0.2, 0.25) is 5.91 Å². The minimum atomic E-state index is -0.196. The Bertz CT molecular complexity index is 277. The van der Waals surface area contributed by atoms with Crippen LogP contribution in [0, 0.1) is 0 Å². The van der Waals surface area contributed by atoms with Crippen molar-refractivity contribution in [3.05, 3.63) is 43.0 Å². The SMILES string of the molecule is C=CC(=O)N[B]c1ccccc1.O.O. The summed E-state index contributed by atoms with van der Waals surface area (Å²) in [5.41, 5.74) is 0.965. The average molecular weight is 194 g/mol. The molecule has 0 atom stereocenters. The second-order valence-electron chi connectivity index (χ2n) is 2.27. The fourth-order valence-electron chi connectivity index (χ4n) is 0.763. The number of hydrogen-bond acceptors (Lipinski definition) is 1. The van der Waals surface area contributed by atoms with E-state index in [0.29, 0.717) is 0 Å². The maximum absolute atomic E-state index is 10.7. The number of rotatable bonds is 3. The Morgan fingerprint density at radius 2 is 1.86 bits per heavy atom. The molecule has 1 amide bonds. The first kappa shape index (κ1) is 14.9. The summed E-state index contributed by atoms with van der Waals surface area (Å²) < 4.78 is 0. The topological polar surface area (TPSA) is 92.1 Å². The van der Waals surface area contributed by atoms with Crippen molar-refractivity contribution in [2.24, 2.45) is 0 Å². The summed E-state index contributed by atoms with van der Waals surface area (Å²) in [4.78, 5) is 10.7. The van der Waals surface area contributed by atoms with Crippen LogP contribution in [0.15, 0.2) is 43.0 Å². The van der Waals surface area contributed by atoms with Gasteiger partial charge in [0, 0.05) is 0 Å². The Labute approximate surface area is 83.5 Å². The highest BCUT2D eigenvalue weighted by Gasteiger charge is 1.96. The minimum absolute atomic E-state index is 0. The van der Waals surface area contributed by atoms with Crippen LogP contribution in [-0.4, -0.2) is 24.3 Å². The van der Waals surface area contributed by atoms with Gasteiger partial charge >= 0.3 is 0 Å². The lowest BCUT2D eigenvalue weighted by Gasteiger charge is -1.98. The highest BCUT2D eigenvalue weighted by atomic mass is 16.1. The molecule has 0 aliphatic heterocycles. The average Bonchev–Trinajstić information content (AvgIpc) is 2.16. The van der Waals surface area contributed by atoms with Gasteiger partial charge in [-0.3, -0.25) is 4.79 Å². The van der Waals surface area contributed by atoms with Crippen LogP contribution >= 0.6 is 0 Å². The van der Waals surface area contributed by atoms with E-state index in [1.165, 1.54) is 6.08 Å². The molecule has 1 aromatic rings. The van der Waals surface area contributed by atoms with E-state index in [9.17, 15) is 4.79 Å². The normalized spacial score (nSPS) is 7.43. The van der Waals surface area contributed by atoms with Gasteiger partial charge in [0.1, 0.15) is 0 Å². The van der Waals surface area contributed by atoms with E-state index in [-0.39, 0.29) is 16.9 Å². The molecule has 4 nitrogen and oxygen atoms in total. The van der Waals surface area contributed by atoms with Crippen LogP contribution in [-0.2, 0) is 4.79 Å². The molecule has 14 heavy (non-hydrogen) atoms. The van der Waals surface area contributed by atoms with Gasteiger partial charge in [-0.2, -0.15) is 0 Å². The largest absolute Gasteiger partial charge is 0.412 e. The third-order valence-corrected chi connectivity index (χ3v) is 1.37. The van der Waals surface area contributed by atoms with Crippen molar-refractivity contribution in [2.75, 3.05) is 0 Å². The quantitative estimate of drug-likeness (QED) is 0.464. The standard InChI is InChI=1S/C9H9BNO.2H2O/c1-2-9(12)11-10-8-6-4-3-5-7-8;;/h2-7H,1H2,(H,11,12);2*1H2. The molecule has 1 aromatic carbocycles. The number of carbonyl (C=O) groups excluding carboxylic acids is 1. The molecule has 0 unspecified atom stereocenters. The van der Waals surface area contributed by atoms with Gasteiger partial charge in [0.05, 0.1) is 0 Å². The van der Waals surface area contributed by atoms with Gasteiger partial charge in [-0.25, -0.2) is 0 Å². The third-order valence-electron chi connectivity index (χ3n) is 1.37. The summed E-state index contributed by atoms with van der Waals surface area (Å²) in [5, 5.41) is 2.57. The second kappa shape index (κ2) is 8.03. The minimum Gasteiger partial charge on any atom is -0.412 e. The van der Waals surface area contributed by atoms with E-state index in [4.69, 9.17) is 0 Å². The van der Waals surface area contributed by atoms with Crippen LogP contribution in [0.4, 0.5) is 0 Å². The summed E-state index contributed by atoms with van der Waals surface area (Å²) >= 11 is 0. The lowest BCUT2D eigenvalue weighted by atomic mass is 9.83. The van der Waals surface area contributed by atoms with Gasteiger partial charge < -0.3 is 16.2 Å². The van der Waals surface area contributed by atoms with Crippen molar-refractivity contribution >= 4 is 18.8 Å². The van der Waals surface area contributed by atoms with Crippen LogP contribution in [0.2, 0.25) is 0 Å². The molecule has 0 aromatic heterocycles. The molecule has 1 rings (SSSR count). The highest BCUT2D eigenvalue weighted by Crippen LogP contribution is 1.79. The van der Waals surface area contributed by atoms with Crippen molar-refractivity contribution in [1.29, 1.82) is 0 Å². The van der Waals surface area contributed by atoms with E-state index in [1.807, 2.05) is 30.3 Å². The first-order chi connectivity index (χ1) is 5.83. The fourth-order valence-corrected chi connectivity index (χ4v) is 0.763. The number of nitrogens with one attached hydrogen (secondary N) is 1. The molecule has 0 aliphatic rings. The number of hydrogen-bond donors (Lipinski definition) is 1. The lowest BCUT2D eigenvalue weighted by molar-refractivity contribution is -0.114. The van der Waals surface area contributed by atoms with Crippen molar-refractivity contribution in [2.45, 2.75) is 0 Å². The van der Waals surface area contributed by atoms with E-state index in [1.54, 1.807) is 7.41 Å². The van der Waals surface area contributed by atoms with Gasteiger partial charge in [0.25, 0.3) is 7.41 Å². The molecule has 75 valence electrons. The Kier molecular flexibility index (Phi) is 8.56. The molecular formula is C9H13BNO3. The Hall–Kier alpha value is -1.59. The Balaban J connectivity index is 0. The van der Waals surface area contributed by atoms with Gasteiger partial charge in [-0.05, 0) is 6.08 Å². The number of benzene rings is 1. The third kappa shape index (κ3) is 5.13. The van der Waals surface area contributed by atoms with Crippen LogP contribution in [0.5, 0.6) is 0 Å². The van der Waals surface area contributed by atoms with Crippen LogP contribution in [0.3, 0.4) is 0 Å². The zero-order chi connectivity index (χ0) is 8.81. The van der Waals surface area contributed by atoms with Crippen LogP contribution in [0.25, 0.3) is 0 Å². The summed E-state index contributed by atoms with van der Waals surface area (Å²) in [6, 6.07) is 9.55. The zero-order valence-corrected chi connectivity index (χ0v) is 7.66. The Morgan fingerprint density at radius 3 is 2.36 bits per heavy atom. The maximum Gasteiger partial charge on any atom is 0.285 e. The molecule has 0 spiro atoms. The monoisotopic (exact) mass is 194 g/mol. The highest BCUT2D eigenvalue weighted by molar-refractivity contribution is 6.54. The molecule has 1 radical (unpaired) electrons. The van der Waals surface area contributed by atoms with Gasteiger partial charge in [-0.15, -0.1) is 0 Å². The number of carbonyl (C=O) groups is 1. The van der Waals surface area contributed by atoms with E-state index < -0.39 is 0 Å². The number of amides is 1. The molecule has 5 N–H and O–H groups in total. The summed E-state index contributed by atoms with van der Waals surface area (Å²) in [6.45, 7) is 3.34. The van der Waals surface area contributed by atoms with Crippen LogP contribution in [0.1, 0.15) is 0 Å². The molecule has 0 bridgehead atoms. The summed E-state index contributed by atoms with van der Waals surface area (Å²) in [7, 11) is 1.64. The van der Waals surface area contributed by atoms with Crippen molar-refractivity contribution < 1.29 is 15.7 Å². The predicted molar refractivity (Wildman–Crippen MR) is 57.4 cm³/mol. The first-order valence-corrected chi connectivity index (χ1v) is 3.64. The Morgan fingerprint density at radius 1 is 1.29 bits per heavy atom. The first-order valence-electron chi connectivity index (χ1n) is 3.64. The molecule has 0 aliphatic carbocycles. The van der Waals surface area contributed by atoms with Crippen LogP contribution < -0.4 is 10.7 Å². The molecule has 0 heterocycles. The molecular weight excluding hydrogens is 181 g/mol. The maximum atomic E-state index is 10.7. The van der Waals surface area contributed by atoms with Crippen molar-refractivity contribution in [3.8, 4) is 0 Å². The summed E-state index contributed by atoms with van der Waals surface area (Å²) in [5.74, 6) is -0.196. The molecule has 5 heteroatoms. The predicted octanol–water partition coefficient (Wildman–Crippen LogP) is -1.42. The molecule has 0 saturated carbocycles. The van der Waals surface area contributed by atoms with E-state index >= 15 is 0 Å². The smallest absolute Gasteiger partial charge is 0.285 e. The second-order valence-corrected chi connectivity index (χ2v) is 2.27. The zero-order valence-electron chi connectivity index (χ0n) is 7.66. The molecule has 0 fully saturated rings. The fraction of sp³-hybridized carbons (Fsp3) is 0. The van der Waals surface area contributed by atoms with Crippen molar-refractivity contribution in [1.82, 2.24) is 5.23 Å². The van der Waals surface area contributed by atoms with E-state index in [2.05, 4.69) is 11.8 Å². The summed E-state index contributed by atoms with van der Waals surface area (Å²) in [6.07, 6.45) is 1.24. The molecule has 0 saturated heterocycles. The van der Waals surface area contributed by atoms with Crippen molar-refractivity contribution in [3.63, 3.8) is 0 Å². The van der Waals surface area contributed by atoms with E-state index in [0.717, 1.165) is 5.46 Å².